The van der Waals surface area contributed by atoms with Crippen LogP contribution in [-0.4, -0.2) is 147 Å². The van der Waals surface area contributed by atoms with Crippen molar-refractivity contribution in [1.29, 1.82) is 0 Å². The zero-order valence-corrected chi connectivity index (χ0v) is 42.6. The van der Waals surface area contributed by atoms with Crippen LogP contribution in [-0.2, 0) is 61.9 Å². The summed E-state index contributed by atoms with van der Waals surface area (Å²) in [6.45, 7) is 10.1. The van der Waals surface area contributed by atoms with Crippen molar-refractivity contribution in [2.24, 2.45) is 29.6 Å². The number of fused-ring (bicyclic) bond motifs is 5. The number of aliphatic hydroxyl groups excluding tert-OH is 1. The summed E-state index contributed by atoms with van der Waals surface area (Å²) in [5.41, 5.74) is -0.0143. The number of nitrogens with zero attached hydrogens (tertiary/aromatic N) is 3. The molecule has 0 radical (unpaired) electrons. The number of methoxy groups -OCH3 is 4. The number of hydrogen-bond acceptors (Lipinski definition) is 19. The van der Waals surface area contributed by atoms with Crippen LogP contribution < -0.4 is 5.32 Å². The fraction of sp³-hybridized carbons (Fsp3) is 0.620. The van der Waals surface area contributed by atoms with Crippen LogP contribution >= 0.6 is 0 Å². The molecule has 3 heterocycles. The second-order valence-corrected chi connectivity index (χ2v) is 17.9. The van der Waals surface area contributed by atoms with Crippen molar-refractivity contribution in [2.75, 3.05) is 42.1 Å². The first-order valence-corrected chi connectivity index (χ1v) is 23.6. The Hall–Kier alpha value is -5.87. The molecule has 394 valence electrons. The van der Waals surface area contributed by atoms with Crippen LogP contribution in [0.4, 0.5) is 0 Å². The van der Waals surface area contributed by atoms with Crippen molar-refractivity contribution in [3.63, 3.8) is 0 Å². The Morgan fingerprint density at radius 3 is 2.27 bits per heavy atom. The third kappa shape index (κ3) is 19.3. The second-order valence-electron chi connectivity index (χ2n) is 17.9. The van der Waals surface area contributed by atoms with Gasteiger partial charge in [0.05, 0.1) is 31.3 Å². The van der Waals surface area contributed by atoms with E-state index in [-0.39, 0.29) is 61.4 Å². The lowest BCUT2D eigenvalue weighted by Crippen LogP contribution is -2.42. The maximum atomic E-state index is 13.6. The number of aliphatic hydroxyl groups is 1. The van der Waals surface area contributed by atoms with E-state index in [2.05, 4.69) is 15.3 Å². The van der Waals surface area contributed by atoms with E-state index in [1.165, 1.54) is 65.6 Å². The number of hydrogen-bond donors (Lipinski definition) is 2. The molecule has 21 nitrogen and oxygen atoms in total. The van der Waals surface area contributed by atoms with Crippen molar-refractivity contribution in [3.05, 3.63) is 54.6 Å². The largest absolute Gasteiger partial charge is 0.462 e. The topological polar surface area (TPSA) is 272 Å². The Kier molecular flexibility index (Phi) is 25.2. The first-order chi connectivity index (χ1) is 33.7. The summed E-state index contributed by atoms with van der Waals surface area (Å²) >= 11 is 0. The number of carbonyl (C=O) groups excluding carboxylic acids is 7. The summed E-state index contributed by atoms with van der Waals surface area (Å²) in [6.07, 6.45) is 6.89. The molecule has 21 heteroatoms. The SMILES string of the molecule is COCC(OC)C(=O)OC(CCC(C)C(CC1OC(=O)CC(O)CC=CC(=O)CC(C)C(=O)NC(=O)c2coc(n2)-c2coc(n2)C=CCC(OC)C1C)OC)C(C)C(OC(C)=O)C(C)C=CN(C)C=O. The van der Waals surface area contributed by atoms with Gasteiger partial charge in [0.15, 0.2) is 23.3 Å². The zero-order valence-electron chi connectivity index (χ0n) is 42.6. The molecule has 12 atom stereocenters. The predicted molar refractivity (Wildman–Crippen MR) is 254 cm³/mol. The lowest BCUT2D eigenvalue weighted by Gasteiger charge is -2.35. The van der Waals surface area contributed by atoms with Gasteiger partial charge in [-0.2, -0.15) is 0 Å². The highest BCUT2D eigenvalue weighted by molar-refractivity contribution is 6.05. The Morgan fingerprint density at radius 2 is 1.62 bits per heavy atom. The molecular formula is C50H72N4O17. The number of oxazole rings is 2. The number of imide groups is 1. The van der Waals surface area contributed by atoms with Gasteiger partial charge in [0.2, 0.25) is 24.1 Å². The number of ether oxygens (including phenoxy) is 7. The molecule has 0 fully saturated rings. The minimum absolute atomic E-state index is 0.0382. The Labute approximate surface area is 415 Å². The van der Waals surface area contributed by atoms with Crippen LogP contribution in [0.2, 0.25) is 0 Å². The van der Waals surface area contributed by atoms with Gasteiger partial charge in [-0.25, -0.2) is 14.8 Å². The van der Waals surface area contributed by atoms with Crippen molar-refractivity contribution >= 4 is 48.0 Å². The molecule has 2 N–H and O–H groups in total. The molecule has 0 spiro atoms. The normalized spacial score (nSPS) is 23.0. The quantitative estimate of drug-likeness (QED) is 0.0759. The molecule has 1 aliphatic heterocycles. The first-order valence-electron chi connectivity index (χ1n) is 23.6. The van der Waals surface area contributed by atoms with Crippen LogP contribution in [0.5, 0.6) is 0 Å². The standard InChI is InChI=1S/C50H72N4O17/c1-29(18-19-40(71-50(62)43(66-11)27-63-8)33(5)46(69-34(6)56)30(2)20-21-54(7)28-55)41(65-10)24-42-32(4)39(64-9)16-13-17-44-51-38(26-67-44)49-52-37(25-68-49)48(61)53-47(60)31(3)22-35(57)14-12-15-36(58)23-45(59)70-42/h12-14,17,20-21,25-26,28-33,36,39-43,46,58H,15-16,18-19,22-24,27H2,1-11H3,(H,53,60,61). The van der Waals surface area contributed by atoms with Crippen LogP contribution in [0.15, 0.2) is 51.9 Å². The molecule has 0 saturated heterocycles. The van der Waals surface area contributed by atoms with Gasteiger partial charge in [-0.15, -0.1) is 0 Å². The monoisotopic (exact) mass is 1000 g/mol. The van der Waals surface area contributed by atoms with Crippen molar-refractivity contribution < 1.29 is 80.7 Å². The van der Waals surface area contributed by atoms with E-state index >= 15 is 0 Å². The number of amides is 3. The average molecular weight is 1000 g/mol. The minimum atomic E-state index is -1.23. The predicted octanol–water partition coefficient (Wildman–Crippen LogP) is 5.06. The lowest BCUT2D eigenvalue weighted by molar-refractivity contribution is -0.173. The molecule has 4 bridgehead atoms. The van der Waals surface area contributed by atoms with Crippen LogP contribution in [0.1, 0.15) is 103 Å². The van der Waals surface area contributed by atoms with Crippen LogP contribution in [0.3, 0.4) is 0 Å². The lowest BCUT2D eigenvalue weighted by atomic mass is 9.83. The van der Waals surface area contributed by atoms with Crippen molar-refractivity contribution in [2.45, 2.75) is 129 Å². The van der Waals surface area contributed by atoms with Gasteiger partial charge in [0.25, 0.3) is 5.91 Å². The van der Waals surface area contributed by atoms with E-state index in [0.717, 1.165) is 6.26 Å². The molecule has 3 rings (SSSR count). The van der Waals surface area contributed by atoms with Gasteiger partial charge in [-0.3, -0.25) is 34.1 Å². The molecule has 0 saturated carbocycles. The summed E-state index contributed by atoms with van der Waals surface area (Å²) in [6, 6.07) is 0. The Balaban J connectivity index is 1.95. The highest BCUT2D eigenvalue weighted by Crippen LogP contribution is 2.32. The fourth-order valence-electron chi connectivity index (χ4n) is 7.96. The summed E-state index contributed by atoms with van der Waals surface area (Å²) in [4.78, 5) is 98.9. The summed E-state index contributed by atoms with van der Waals surface area (Å²) in [7, 11) is 7.42. The van der Waals surface area contributed by atoms with E-state index in [1.807, 2.05) is 27.7 Å². The Morgan fingerprint density at radius 1 is 0.915 bits per heavy atom. The van der Waals surface area contributed by atoms with Crippen molar-refractivity contribution in [3.8, 4) is 11.6 Å². The van der Waals surface area contributed by atoms with E-state index < -0.39 is 108 Å². The maximum absolute atomic E-state index is 13.6. The number of carbonyl (C=O) groups is 7. The molecule has 0 aromatic carbocycles. The molecular weight excluding hydrogens is 929 g/mol. The first kappa shape index (κ1) is 59.4. The van der Waals surface area contributed by atoms with Gasteiger partial charge in [0.1, 0.15) is 30.8 Å². The minimum Gasteiger partial charge on any atom is -0.462 e. The molecule has 1 aliphatic rings. The highest BCUT2D eigenvalue weighted by Gasteiger charge is 2.38. The second kappa shape index (κ2) is 30.1. The number of aromatic nitrogens is 2. The van der Waals surface area contributed by atoms with Crippen molar-refractivity contribution in [1.82, 2.24) is 20.2 Å². The summed E-state index contributed by atoms with van der Waals surface area (Å²) < 4.78 is 51.6. The number of ketones is 1. The molecule has 2 aromatic rings. The van der Waals surface area contributed by atoms with Gasteiger partial charge in [-0.05, 0) is 43.8 Å². The number of esters is 3. The Bertz CT molecular complexity index is 2130. The molecule has 12 unspecified atom stereocenters. The number of cyclic esters (lactones) is 1. The summed E-state index contributed by atoms with van der Waals surface area (Å²) in [5.74, 6) is -6.39. The maximum Gasteiger partial charge on any atom is 0.337 e. The number of rotatable bonds is 20. The third-order valence-corrected chi connectivity index (χ3v) is 12.3. The highest BCUT2D eigenvalue weighted by atomic mass is 16.6. The van der Waals surface area contributed by atoms with E-state index in [1.54, 1.807) is 31.5 Å². The molecule has 2 aromatic heterocycles. The van der Waals surface area contributed by atoms with Crippen LogP contribution in [0, 0.1) is 29.6 Å². The van der Waals surface area contributed by atoms with Gasteiger partial charge < -0.3 is 52.0 Å². The average Bonchev–Trinajstić information content (AvgIpc) is 4.03. The molecule has 0 aliphatic carbocycles. The summed E-state index contributed by atoms with van der Waals surface area (Å²) in [5, 5.41) is 13.1. The van der Waals surface area contributed by atoms with Gasteiger partial charge in [-0.1, -0.05) is 52.8 Å². The number of allylic oxidation sites excluding steroid dienone is 1. The van der Waals surface area contributed by atoms with Gasteiger partial charge in [0, 0.05) is 85.1 Å². The van der Waals surface area contributed by atoms with E-state index in [9.17, 15) is 38.7 Å². The molecule has 3 amide bonds. The fourth-order valence-corrected chi connectivity index (χ4v) is 7.96. The zero-order chi connectivity index (χ0) is 52.8. The van der Waals surface area contributed by atoms with E-state index in [0.29, 0.717) is 19.3 Å². The smallest absolute Gasteiger partial charge is 0.337 e. The van der Waals surface area contributed by atoms with Crippen LogP contribution in [0.25, 0.3) is 17.7 Å². The number of nitrogens with one attached hydrogen (secondary N) is 1. The van der Waals surface area contributed by atoms with E-state index in [4.69, 9.17) is 42.0 Å². The third-order valence-electron chi connectivity index (χ3n) is 12.3. The molecule has 71 heavy (non-hydrogen) atoms. The van der Waals surface area contributed by atoms with Gasteiger partial charge >= 0.3 is 17.9 Å².